The topological polar surface area (TPSA) is 44.8 Å². The third kappa shape index (κ3) is 5.09. The molecule has 1 N–H and O–H groups in total. The summed E-state index contributed by atoms with van der Waals surface area (Å²) in [7, 11) is 2.20. The second-order valence-corrected chi connectivity index (χ2v) is 8.63. The predicted octanol–water partition coefficient (Wildman–Crippen LogP) is 3.24. The van der Waals surface area contributed by atoms with Crippen molar-refractivity contribution >= 4 is 6.09 Å². The molecule has 2 bridgehead atoms. The zero-order chi connectivity index (χ0) is 17.9. The van der Waals surface area contributed by atoms with Crippen LogP contribution < -0.4 is 5.32 Å². The molecule has 2 aliphatic heterocycles. The van der Waals surface area contributed by atoms with Crippen molar-refractivity contribution in [2.24, 2.45) is 0 Å². The third-order valence-corrected chi connectivity index (χ3v) is 5.58. The number of carbonyl (C=O) groups excluding carboxylic acids is 1. The van der Waals surface area contributed by atoms with Gasteiger partial charge in [-0.3, -0.25) is 0 Å². The molecule has 0 aromatic heterocycles. The van der Waals surface area contributed by atoms with Crippen LogP contribution in [-0.2, 0) is 4.74 Å². The molecule has 24 heavy (non-hydrogen) atoms. The van der Waals surface area contributed by atoms with E-state index >= 15 is 0 Å². The molecule has 3 atom stereocenters. The van der Waals surface area contributed by atoms with Crippen LogP contribution in [0.25, 0.3) is 0 Å². The van der Waals surface area contributed by atoms with Crippen molar-refractivity contribution in [2.75, 3.05) is 20.1 Å². The molecule has 2 aliphatic rings. The van der Waals surface area contributed by atoms with Gasteiger partial charge in [0.05, 0.1) is 0 Å². The van der Waals surface area contributed by atoms with Gasteiger partial charge in [-0.15, -0.1) is 0 Å². The lowest BCUT2D eigenvalue weighted by Crippen LogP contribution is -2.53. The monoisotopic (exact) mass is 339 g/mol. The second kappa shape index (κ2) is 8.05. The Morgan fingerprint density at radius 3 is 2.38 bits per heavy atom. The van der Waals surface area contributed by atoms with E-state index in [9.17, 15) is 4.79 Å². The molecule has 5 nitrogen and oxygen atoms in total. The van der Waals surface area contributed by atoms with Gasteiger partial charge in [-0.25, -0.2) is 4.79 Å². The fraction of sp³-hybridized carbons (Fsp3) is 0.947. The second-order valence-electron chi connectivity index (χ2n) is 8.63. The van der Waals surface area contributed by atoms with E-state index in [0.29, 0.717) is 24.2 Å². The minimum Gasteiger partial charge on any atom is -0.444 e. The van der Waals surface area contributed by atoms with Crippen LogP contribution in [0.1, 0.15) is 66.7 Å². The molecule has 140 valence electrons. The molecule has 2 fully saturated rings. The molecule has 2 saturated heterocycles. The molecule has 2 heterocycles. The number of piperidine rings is 1. The summed E-state index contributed by atoms with van der Waals surface area (Å²) in [6, 6.07) is 1.87. The van der Waals surface area contributed by atoms with Crippen molar-refractivity contribution in [3.63, 3.8) is 0 Å². The highest BCUT2D eigenvalue weighted by atomic mass is 16.6. The number of rotatable bonds is 6. The van der Waals surface area contributed by atoms with Gasteiger partial charge < -0.3 is 19.9 Å². The van der Waals surface area contributed by atoms with Gasteiger partial charge in [0.2, 0.25) is 0 Å². The van der Waals surface area contributed by atoms with Crippen molar-refractivity contribution in [2.45, 2.75) is 96.5 Å². The highest BCUT2D eigenvalue weighted by Gasteiger charge is 2.44. The maximum atomic E-state index is 12.5. The molecule has 1 amide bonds. The first-order valence-electron chi connectivity index (χ1n) is 9.66. The van der Waals surface area contributed by atoms with Crippen LogP contribution in [0.2, 0.25) is 0 Å². The Labute approximate surface area is 148 Å². The number of ether oxygens (including phenoxy) is 1. The highest BCUT2D eigenvalue weighted by molar-refractivity contribution is 5.69. The fourth-order valence-electron chi connectivity index (χ4n) is 3.93. The van der Waals surface area contributed by atoms with Gasteiger partial charge in [-0.2, -0.15) is 0 Å². The van der Waals surface area contributed by atoms with Gasteiger partial charge >= 0.3 is 6.09 Å². The lowest BCUT2D eigenvalue weighted by atomic mass is 9.97. The number of fused-ring (bicyclic) bond motifs is 2. The molecule has 0 saturated carbocycles. The van der Waals surface area contributed by atoms with Crippen molar-refractivity contribution in [3.8, 4) is 0 Å². The molecule has 3 unspecified atom stereocenters. The molecule has 0 aromatic rings. The van der Waals surface area contributed by atoms with E-state index in [-0.39, 0.29) is 6.09 Å². The van der Waals surface area contributed by atoms with Crippen LogP contribution >= 0.6 is 0 Å². The first kappa shape index (κ1) is 19.5. The largest absolute Gasteiger partial charge is 0.444 e. The zero-order valence-electron chi connectivity index (χ0n) is 16.5. The minimum absolute atomic E-state index is 0.120. The smallest absolute Gasteiger partial charge is 0.410 e. The summed E-state index contributed by atoms with van der Waals surface area (Å²) in [5.41, 5.74) is -0.411. The van der Waals surface area contributed by atoms with Crippen LogP contribution in [-0.4, -0.2) is 65.8 Å². The summed E-state index contributed by atoms with van der Waals surface area (Å²) in [6.45, 7) is 12.4. The number of amides is 1. The Kier molecular flexibility index (Phi) is 6.54. The SMILES string of the molecule is CCC(C)N(C)CCNC1CC2CCC(C1)N2C(=O)OC(C)(C)C. The van der Waals surface area contributed by atoms with Crippen molar-refractivity contribution in [3.05, 3.63) is 0 Å². The van der Waals surface area contributed by atoms with Crippen molar-refractivity contribution in [1.29, 1.82) is 0 Å². The Bertz CT molecular complexity index is 407. The van der Waals surface area contributed by atoms with E-state index in [0.717, 1.165) is 38.8 Å². The quantitative estimate of drug-likeness (QED) is 0.807. The van der Waals surface area contributed by atoms with Crippen molar-refractivity contribution < 1.29 is 9.53 Å². The fourth-order valence-corrected chi connectivity index (χ4v) is 3.93. The number of nitrogens with zero attached hydrogens (tertiary/aromatic N) is 2. The Balaban J connectivity index is 1.79. The normalized spacial score (nSPS) is 28.3. The average Bonchev–Trinajstić information content (AvgIpc) is 2.76. The van der Waals surface area contributed by atoms with Crippen LogP contribution in [0.15, 0.2) is 0 Å². The first-order valence-corrected chi connectivity index (χ1v) is 9.66. The van der Waals surface area contributed by atoms with E-state index in [1.807, 2.05) is 25.7 Å². The summed E-state index contributed by atoms with van der Waals surface area (Å²) in [5.74, 6) is 0. The number of hydrogen-bond donors (Lipinski definition) is 1. The highest BCUT2D eigenvalue weighted by Crippen LogP contribution is 2.36. The van der Waals surface area contributed by atoms with Crippen LogP contribution in [0, 0.1) is 0 Å². The number of nitrogens with one attached hydrogen (secondary N) is 1. The summed E-state index contributed by atoms with van der Waals surface area (Å²) in [4.78, 5) is 16.9. The van der Waals surface area contributed by atoms with Gasteiger partial charge in [0, 0.05) is 37.3 Å². The Hall–Kier alpha value is -0.810. The van der Waals surface area contributed by atoms with Gasteiger partial charge in [0.15, 0.2) is 0 Å². The molecule has 5 heteroatoms. The molecule has 0 aliphatic carbocycles. The molecular formula is C19H37N3O2. The van der Waals surface area contributed by atoms with E-state index in [2.05, 4.69) is 31.1 Å². The summed E-state index contributed by atoms with van der Waals surface area (Å²) in [5, 5.41) is 3.72. The Morgan fingerprint density at radius 2 is 1.88 bits per heavy atom. The molecule has 0 aromatic carbocycles. The molecule has 0 radical (unpaired) electrons. The van der Waals surface area contributed by atoms with Crippen LogP contribution in [0.3, 0.4) is 0 Å². The van der Waals surface area contributed by atoms with E-state index in [1.165, 1.54) is 6.42 Å². The lowest BCUT2D eigenvalue weighted by Gasteiger charge is -2.40. The standard InChI is InChI=1S/C19H37N3O2/c1-7-14(2)21(6)11-10-20-15-12-16-8-9-17(13-15)22(16)18(23)24-19(3,4)5/h14-17,20H,7-13H2,1-6H3. The zero-order valence-corrected chi connectivity index (χ0v) is 16.5. The molecule has 2 rings (SSSR count). The maximum absolute atomic E-state index is 12.5. The molecular weight excluding hydrogens is 302 g/mol. The average molecular weight is 340 g/mol. The van der Waals surface area contributed by atoms with E-state index in [1.54, 1.807) is 0 Å². The lowest BCUT2D eigenvalue weighted by molar-refractivity contribution is 0.00466. The molecule has 0 spiro atoms. The number of hydrogen-bond acceptors (Lipinski definition) is 4. The van der Waals surface area contributed by atoms with Gasteiger partial charge in [-0.1, -0.05) is 6.92 Å². The van der Waals surface area contributed by atoms with Crippen LogP contribution in [0.4, 0.5) is 4.79 Å². The van der Waals surface area contributed by atoms with Gasteiger partial charge in [-0.05, 0) is 66.8 Å². The third-order valence-electron chi connectivity index (χ3n) is 5.58. The minimum atomic E-state index is -0.411. The van der Waals surface area contributed by atoms with Crippen LogP contribution in [0.5, 0.6) is 0 Å². The van der Waals surface area contributed by atoms with E-state index in [4.69, 9.17) is 4.74 Å². The summed E-state index contributed by atoms with van der Waals surface area (Å²) in [6.07, 6.45) is 5.43. The summed E-state index contributed by atoms with van der Waals surface area (Å²) < 4.78 is 5.60. The number of likely N-dealkylation sites (N-methyl/N-ethyl adjacent to an activating group) is 1. The van der Waals surface area contributed by atoms with Gasteiger partial charge in [0.25, 0.3) is 0 Å². The predicted molar refractivity (Wildman–Crippen MR) is 98.3 cm³/mol. The van der Waals surface area contributed by atoms with E-state index < -0.39 is 5.60 Å². The van der Waals surface area contributed by atoms with Gasteiger partial charge in [0.1, 0.15) is 5.60 Å². The van der Waals surface area contributed by atoms with Crippen molar-refractivity contribution in [1.82, 2.24) is 15.1 Å². The summed E-state index contributed by atoms with van der Waals surface area (Å²) >= 11 is 0. The Morgan fingerprint density at radius 1 is 1.29 bits per heavy atom. The first-order chi connectivity index (χ1) is 11.2. The maximum Gasteiger partial charge on any atom is 0.410 e. The number of carbonyl (C=O) groups is 1.